The van der Waals surface area contributed by atoms with Gasteiger partial charge in [-0.15, -0.1) is 0 Å². The second kappa shape index (κ2) is 4.75. The number of carbonyl (C=O) groups is 1. The van der Waals surface area contributed by atoms with Crippen LogP contribution in [0.1, 0.15) is 33.1 Å². The fourth-order valence-electron chi connectivity index (χ4n) is 2.12. The van der Waals surface area contributed by atoms with E-state index in [4.69, 9.17) is 5.11 Å². The van der Waals surface area contributed by atoms with Crippen molar-refractivity contribution in [3.05, 3.63) is 0 Å². The number of aliphatic hydroxyl groups is 1. The van der Waals surface area contributed by atoms with E-state index in [1.54, 1.807) is 13.8 Å². The van der Waals surface area contributed by atoms with Crippen LogP contribution in [0.4, 0.5) is 0 Å². The van der Waals surface area contributed by atoms with Gasteiger partial charge in [0.2, 0.25) is 0 Å². The maximum atomic E-state index is 10.8. The summed E-state index contributed by atoms with van der Waals surface area (Å²) in [5, 5.41) is 18.5. The SMILES string of the molecule is C[C@H](O)[C@@H]1CCCCN1[C@@H](C)C(=O)O. The number of aliphatic carboxylic acids is 1. The fraction of sp³-hybridized carbons (Fsp3) is 0.900. The number of aliphatic hydroxyl groups excluding tert-OH is 1. The number of hydrogen-bond acceptors (Lipinski definition) is 3. The van der Waals surface area contributed by atoms with E-state index in [9.17, 15) is 9.90 Å². The Kier molecular flexibility index (Phi) is 3.89. The van der Waals surface area contributed by atoms with Crippen molar-refractivity contribution in [3.63, 3.8) is 0 Å². The molecule has 1 heterocycles. The molecule has 14 heavy (non-hydrogen) atoms. The van der Waals surface area contributed by atoms with Crippen molar-refractivity contribution in [2.45, 2.75) is 51.3 Å². The standard InChI is InChI=1S/C10H19NO3/c1-7(10(13)14)11-6-4-3-5-9(11)8(2)12/h7-9,12H,3-6H2,1-2H3,(H,13,14)/t7-,8-,9-/m0/s1. The lowest BCUT2D eigenvalue weighted by molar-refractivity contribution is -0.145. The summed E-state index contributed by atoms with van der Waals surface area (Å²) in [7, 11) is 0. The number of hydrogen-bond donors (Lipinski definition) is 2. The van der Waals surface area contributed by atoms with E-state index in [1.807, 2.05) is 4.90 Å². The predicted molar refractivity (Wildman–Crippen MR) is 53.1 cm³/mol. The first-order valence-corrected chi connectivity index (χ1v) is 5.20. The van der Waals surface area contributed by atoms with E-state index in [2.05, 4.69) is 0 Å². The van der Waals surface area contributed by atoms with Gasteiger partial charge in [0.25, 0.3) is 0 Å². The summed E-state index contributed by atoms with van der Waals surface area (Å²) < 4.78 is 0. The van der Waals surface area contributed by atoms with Gasteiger partial charge in [-0.2, -0.15) is 0 Å². The normalized spacial score (nSPS) is 28.4. The van der Waals surface area contributed by atoms with Gasteiger partial charge in [-0.25, -0.2) is 0 Å². The Labute approximate surface area is 84.5 Å². The summed E-state index contributed by atoms with van der Waals surface area (Å²) in [5.41, 5.74) is 0. The molecular weight excluding hydrogens is 182 g/mol. The summed E-state index contributed by atoms with van der Waals surface area (Å²) >= 11 is 0. The number of nitrogens with zero attached hydrogens (tertiary/aromatic N) is 1. The summed E-state index contributed by atoms with van der Waals surface area (Å²) in [6, 6.07) is -0.482. The molecule has 0 radical (unpaired) electrons. The molecule has 4 heteroatoms. The first-order chi connectivity index (χ1) is 6.54. The van der Waals surface area contributed by atoms with Crippen LogP contribution in [-0.2, 0) is 4.79 Å². The van der Waals surface area contributed by atoms with Gasteiger partial charge in [0.05, 0.1) is 6.10 Å². The van der Waals surface area contributed by atoms with Crippen molar-refractivity contribution < 1.29 is 15.0 Å². The van der Waals surface area contributed by atoms with E-state index in [1.165, 1.54) is 0 Å². The van der Waals surface area contributed by atoms with Crippen LogP contribution in [0.15, 0.2) is 0 Å². The molecule has 2 N–H and O–H groups in total. The third kappa shape index (κ3) is 2.45. The third-order valence-electron chi connectivity index (χ3n) is 3.00. The Morgan fingerprint density at radius 2 is 2.07 bits per heavy atom. The van der Waals surface area contributed by atoms with E-state index in [0.29, 0.717) is 0 Å². The second-order valence-corrected chi connectivity index (χ2v) is 4.06. The molecular formula is C10H19NO3. The highest BCUT2D eigenvalue weighted by molar-refractivity contribution is 5.72. The molecule has 1 aliphatic rings. The summed E-state index contributed by atoms with van der Waals surface area (Å²) in [6.07, 6.45) is 2.56. The van der Waals surface area contributed by atoms with Gasteiger partial charge >= 0.3 is 5.97 Å². The lowest BCUT2D eigenvalue weighted by atomic mass is 9.96. The summed E-state index contributed by atoms with van der Waals surface area (Å²) in [5.74, 6) is -0.808. The Hall–Kier alpha value is -0.610. The van der Waals surface area contributed by atoms with Gasteiger partial charge in [-0.05, 0) is 33.2 Å². The lowest BCUT2D eigenvalue weighted by Gasteiger charge is -2.39. The van der Waals surface area contributed by atoms with E-state index in [-0.39, 0.29) is 6.04 Å². The Bertz CT molecular complexity index is 206. The second-order valence-electron chi connectivity index (χ2n) is 4.06. The third-order valence-corrected chi connectivity index (χ3v) is 3.00. The van der Waals surface area contributed by atoms with Gasteiger partial charge in [0.15, 0.2) is 0 Å². The van der Waals surface area contributed by atoms with Crippen LogP contribution in [0.3, 0.4) is 0 Å². The molecule has 3 atom stereocenters. The zero-order valence-electron chi connectivity index (χ0n) is 8.81. The minimum Gasteiger partial charge on any atom is -0.480 e. The van der Waals surface area contributed by atoms with Gasteiger partial charge in [-0.3, -0.25) is 9.69 Å². The minimum atomic E-state index is -0.808. The number of carboxylic acids is 1. The maximum Gasteiger partial charge on any atom is 0.320 e. The average Bonchev–Trinajstić information content (AvgIpc) is 2.16. The van der Waals surface area contributed by atoms with E-state index in [0.717, 1.165) is 25.8 Å². The van der Waals surface area contributed by atoms with Crippen molar-refractivity contribution in [2.24, 2.45) is 0 Å². The first kappa shape index (κ1) is 11.5. The Morgan fingerprint density at radius 3 is 2.57 bits per heavy atom. The van der Waals surface area contributed by atoms with Crippen molar-refractivity contribution in [1.82, 2.24) is 4.90 Å². The molecule has 0 spiro atoms. The molecule has 1 saturated heterocycles. The fourth-order valence-corrected chi connectivity index (χ4v) is 2.12. The van der Waals surface area contributed by atoms with Crippen molar-refractivity contribution in [3.8, 4) is 0 Å². The monoisotopic (exact) mass is 201 g/mol. The molecule has 0 bridgehead atoms. The Morgan fingerprint density at radius 1 is 1.43 bits per heavy atom. The van der Waals surface area contributed by atoms with Crippen molar-refractivity contribution >= 4 is 5.97 Å². The molecule has 4 nitrogen and oxygen atoms in total. The molecule has 1 rings (SSSR count). The molecule has 1 fully saturated rings. The van der Waals surface area contributed by atoms with Crippen molar-refractivity contribution in [2.75, 3.05) is 6.54 Å². The van der Waals surface area contributed by atoms with Crippen LogP contribution in [0.5, 0.6) is 0 Å². The lowest BCUT2D eigenvalue weighted by Crippen LogP contribution is -2.52. The molecule has 0 aromatic heterocycles. The van der Waals surface area contributed by atoms with Crippen LogP contribution in [0.25, 0.3) is 0 Å². The predicted octanol–water partition coefficient (Wildman–Crippen LogP) is 0.695. The van der Waals surface area contributed by atoms with Crippen LogP contribution in [-0.4, -0.2) is 45.8 Å². The molecule has 0 unspecified atom stereocenters. The average molecular weight is 201 g/mol. The van der Waals surface area contributed by atoms with Gasteiger partial charge in [-0.1, -0.05) is 6.42 Å². The van der Waals surface area contributed by atoms with Crippen LogP contribution in [0, 0.1) is 0 Å². The van der Waals surface area contributed by atoms with Crippen molar-refractivity contribution in [1.29, 1.82) is 0 Å². The zero-order chi connectivity index (χ0) is 10.7. The van der Waals surface area contributed by atoms with E-state index >= 15 is 0 Å². The number of rotatable bonds is 3. The Balaban J connectivity index is 2.67. The highest BCUT2D eigenvalue weighted by atomic mass is 16.4. The molecule has 0 amide bonds. The molecule has 0 aliphatic carbocycles. The summed E-state index contributed by atoms with van der Waals surface area (Å²) in [4.78, 5) is 12.7. The van der Waals surface area contributed by atoms with Gasteiger partial charge in [0, 0.05) is 6.04 Å². The molecule has 1 aliphatic heterocycles. The molecule has 0 aromatic carbocycles. The number of piperidine rings is 1. The topological polar surface area (TPSA) is 60.8 Å². The summed E-state index contributed by atoms with van der Waals surface area (Å²) in [6.45, 7) is 4.20. The maximum absolute atomic E-state index is 10.8. The molecule has 0 saturated carbocycles. The quantitative estimate of drug-likeness (QED) is 0.705. The highest BCUT2D eigenvalue weighted by Crippen LogP contribution is 2.22. The first-order valence-electron chi connectivity index (χ1n) is 5.20. The minimum absolute atomic E-state index is 0.00912. The smallest absolute Gasteiger partial charge is 0.320 e. The molecule has 82 valence electrons. The zero-order valence-corrected chi connectivity index (χ0v) is 8.81. The van der Waals surface area contributed by atoms with Gasteiger partial charge < -0.3 is 10.2 Å². The molecule has 0 aromatic rings. The van der Waals surface area contributed by atoms with Crippen LogP contribution < -0.4 is 0 Å². The number of carboxylic acid groups (broad SMARTS) is 1. The van der Waals surface area contributed by atoms with Gasteiger partial charge in [0.1, 0.15) is 6.04 Å². The van der Waals surface area contributed by atoms with E-state index < -0.39 is 18.1 Å². The highest BCUT2D eigenvalue weighted by Gasteiger charge is 2.32. The largest absolute Gasteiger partial charge is 0.480 e. The number of likely N-dealkylation sites (tertiary alicyclic amines) is 1. The van der Waals surface area contributed by atoms with Crippen LogP contribution in [0.2, 0.25) is 0 Å². The van der Waals surface area contributed by atoms with Crippen LogP contribution >= 0.6 is 0 Å².